The van der Waals surface area contributed by atoms with Crippen LogP contribution in [0, 0.1) is 0 Å². The van der Waals surface area contributed by atoms with E-state index in [0.29, 0.717) is 16.2 Å². The van der Waals surface area contributed by atoms with Crippen molar-refractivity contribution in [2.45, 2.75) is 68.4 Å². The minimum absolute atomic E-state index is 0.101. The predicted octanol–water partition coefficient (Wildman–Crippen LogP) is 3.66. The number of hydrogen-bond donors (Lipinski definition) is 1. The zero-order valence-electron chi connectivity index (χ0n) is 15.4. The van der Waals surface area contributed by atoms with Gasteiger partial charge in [0.1, 0.15) is 11.9 Å². The van der Waals surface area contributed by atoms with E-state index < -0.39 is 0 Å². The highest BCUT2D eigenvalue weighted by Gasteiger charge is 2.29. The predicted molar refractivity (Wildman–Crippen MR) is 110 cm³/mol. The van der Waals surface area contributed by atoms with Crippen LogP contribution in [0.4, 0.5) is 0 Å². The molecule has 140 valence electrons. The minimum atomic E-state index is -0.101. The van der Waals surface area contributed by atoms with Crippen molar-refractivity contribution in [3.63, 3.8) is 0 Å². The highest BCUT2D eigenvalue weighted by atomic mass is 127. The number of likely N-dealkylation sites (tertiary alicyclic amines) is 2. The fraction of sp³-hybridized carbons (Fsp3) is 0.700. The SMILES string of the molecule is CC(C)N1CCC(Oc2ccc(CN3CCC(O)CC3)cc2)CC1I. The summed E-state index contributed by atoms with van der Waals surface area (Å²) in [4.78, 5) is 4.98. The molecule has 0 amide bonds. The number of benzene rings is 1. The molecule has 0 radical (unpaired) electrons. The van der Waals surface area contributed by atoms with Crippen LogP contribution >= 0.6 is 22.6 Å². The van der Waals surface area contributed by atoms with Crippen LogP contribution in [0.15, 0.2) is 24.3 Å². The number of nitrogens with zero attached hydrogens (tertiary/aromatic N) is 2. The maximum absolute atomic E-state index is 9.60. The number of piperidine rings is 2. The van der Waals surface area contributed by atoms with E-state index in [9.17, 15) is 5.11 Å². The van der Waals surface area contributed by atoms with Gasteiger partial charge in [-0.1, -0.05) is 34.7 Å². The van der Waals surface area contributed by atoms with Crippen LogP contribution < -0.4 is 4.74 Å². The zero-order valence-corrected chi connectivity index (χ0v) is 17.6. The van der Waals surface area contributed by atoms with E-state index in [0.717, 1.165) is 57.6 Å². The molecule has 0 saturated carbocycles. The fourth-order valence-corrected chi connectivity index (χ4v) is 5.28. The lowest BCUT2D eigenvalue weighted by molar-refractivity contribution is 0.0769. The molecule has 1 aromatic rings. The van der Waals surface area contributed by atoms with E-state index in [4.69, 9.17) is 4.74 Å². The maximum atomic E-state index is 9.60. The normalized spacial score (nSPS) is 26.9. The molecule has 1 N–H and O–H groups in total. The third-order valence-corrected chi connectivity index (χ3v) is 6.60. The van der Waals surface area contributed by atoms with E-state index in [2.05, 4.69) is 70.5 Å². The first kappa shape index (κ1) is 19.4. The number of aliphatic hydroxyl groups is 1. The Labute approximate surface area is 165 Å². The van der Waals surface area contributed by atoms with Crippen molar-refractivity contribution in [1.82, 2.24) is 9.80 Å². The summed E-state index contributed by atoms with van der Waals surface area (Å²) < 4.78 is 6.79. The Balaban J connectivity index is 1.48. The van der Waals surface area contributed by atoms with Crippen LogP contribution in [-0.4, -0.2) is 56.8 Å². The van der Waals surface area contributed by atoms with Gasteiger partial charge in [-0.3, -0.25) is 9.80 Å². The van der Waals surface area contributed by atoms with Gasteiger partial charge in [-0.25, -0.2) is 0 Å². The number of hydrogen-bond acceptors (Lipinski definition) is 4. The molecule has 2 heterocycles. The van der Waals surface area contributed by atoms with Gasteiger partial charge in [0.15, 0.2) is 0 Å². The number of rotatable bonds is 5. The van der Waals surface area contributed by atoms with Gasteiger partial charge >= 0.3 is 0 Å². The molecular formula is C20H31IN2O2. The third-order valence-electron chi connectivity index (χ3n) is 5.38. The third kappa shape index (κ3) is 5.55. The summed E-state index contributed by atoms with van der Waals surface area (Å²) in [6.07, 6.45) is 4.22. The quantitative estimate of drug-likeness (QED) is 0.415. The van der Waals surface area contributed by atoms with Gasteiger partial charge in [0, 0.05) is 38.6 Å². The average molecular weight is 458 g/mol. The smallest absolute Gasteiger partial charge is 0.119 e. The molecule has 2 unspecified atom stereocenters. The summed E-state index contributed by atoms with van der Waals surface area (Å²) in [6, 6.07) is 9.21. The van der Waals surface area contributed by atoms with Gasteiger partial charge in [-0.05, 0) is 50.8 Å². The molecule has 1 aromatic carbocycles. The van der Waals surface area contributed by atoms with Gasteiger partial charge in [0.05, 0.1) is 10.2 Å². The monoisotopic (exact) mass is 458 g/mol. The van der Waals surface area contributed by atoms with Crippen molar-refractivity contribution < 1.29 is 9.84 Å². The molecular weight excluding hydrogens is 427 g/mol. The van der Waals surface area contributed by atoms with Crippen molar-refractivity contribution in [3.8, 4) is 5.75 Å². The van der Waals surface area contributed by atoms with Crippen molar-refractivity contribution >= 4 is 22.6 Å². The second-order valence-corrected chi connectivity index (χ2v) is 9.12. The summed E-state index contributed by atoms with van der Waals surface area (Å²) in [5.74, 6) is 0.990. The van der Waals surface area contributed by atoms with Crippen LogP contribution in [0.1, 0.15) is 45.1 Å². The van der Waals surface area contributed by atoms with Crippen LogP contribution in [0.2, 0.25) is 0 Å². The van der Waals surface area contributed by atoms with Crippen LogP contribution in [0.5, 0.6) is 5.75 Å². The summed E-state index contributed by atoms with van der Waals surface area (Å²) in [5, 5.41) is 9.60. The Morgan fingerprint density at radius 2 is 1.80 bits per heavy atom. The summed E-state index contributed by atoms with van der Waals surface area (Å²) in [5.41, 5.74) is 1.32. The molecule has 2 aliphatic rings. The standard InChI is InChI=1S/C20H31IN2O2/c1-15(2)23-12-9-19(13-20(23)21)25-18-5-3-16(4-6-18)14-22-10-7-17(24)8-11-22/h3-6,15,17,19-20,24H,7-14H2,1-2H3. The number of ether oxygens (including phenoxy) is 1. The van der Waals surface area contributed by atoms with E-state index in [1.807, 2.05) is 0 Å². The molecule has 0 aromatic heterocycles. The van der Waals surface area contributed by atoms with E-state index >= 15 is 0 Å². The molecule has 0 aliphatic carbocycles. The topological polar surface area (TPSA) is 35.9 Å². The lowest BCUT2D eigenvalue weighted by atomic mass is 10.1. The summed E-state index contributed by atoms with van der Waals surface area (Å²) >= 11 is 2.55. The fourth-order valence-electron chi connectivity index (χ4n) is 3.79. The summed E-state index contributed by atoms with van der Waals surface area (Å²) in [7, 11) is 0. The Hall–Kier alpha value is -0.370. The molecule has 5 heteroatoms. The molecule has 2 aliphatic heterocycles. The summed E-state index contributed by atoms with van der Waals surface area (Å²) in [6.45, 7) is 8.61. The van der Waals surface area contributed by atoms with E-state index in [-0.39, 0.29) is 6.10 Å². The molecule has 0 spiro atoms. The Morgan fingerprint density at radius 1 is 1.12 bits per heavy atom. The maximum Gasteiger partial charge on any atom is 0.119 e. The second kappa shape index (κ2) is 9.02. The van der Waals surface area contributed by atoms with Crippen LogP contribution in [0.3, 0.4) is 0 Å². The van der Waals surface area contributed by atoms with Gasteiger partial charge < -0.3 is 9.84 Å². The van der Waals surface area contributed by atoms with Gasteiger partial charge in [0.2, 0.25) is 0 Å². The molecule has 3 rings (SSSR count). The molecule has 2 atom stereocenters. The van der Waals surface area contributed by atoms with Crippen LogP contribution in [-0.2, 0) is 6.54 Å². The van der Waals surface area contributed by atoms with Crippen molar-refractivity contribution in [1.29, 1.82) is 0 Å². The Bertz CT molecular complexity index is 529. The average Bonchev–Trinajstić information content (AvgIpc) is 2.58. The molecule has 0 bridgehead atoms. The molecule has 25 heavy (non-hydrogen) atoms. The largest absolute Gasteiger partial charge is 0.490 e. The number of alkyl halides is 1. The first-order valence-corrected chi connectivity index (χ1v) is 10.8. The number of halogens is 1. The highest BCUT2D eigenvalue weighted by Crippen LogP contribution is 2.28. The van der Waals surface area contributed by atoms with Gasteiger partial charge in [-0.15, -0.1) is 0 Å². The Kier molecular flexibility index (Phi) is 7.00. The van der Waals surface area contributed by atoms with Crippen molar-refractivity contribution in [2.75, 3.05) is 19.6 Å². The first-order chi connectivity index (χ1) is 12.0. The first-order valence-electron chi connectivity index (χ1n) is 9.57. The minimum Gasteiger partial charge on any atom is -0.490 e. The molecule has 4 nitrogen and oxygen atoms in total. The van der Waals surface area contributed by atoms with E-state index in [1.165, 1.54) is 5.56 Å². The second-order valence-electron chi connectivity index (χ2n) is 7.68. The lowest BCUT2D eigenvalue weighted by Gasteiger charge is -2.39. The highest BCUT2D eigenvalue weighted by molar-refractivity contribution is 14.1. The zero-order chi connectivity index (χ0) is 17.8. The van der Waals surface area contributed by atoms with Crippen LogP contribution in [0.25, 0.3) is 0 Å². The molecule has 2 saturated heterocycles. The Morgan fingerprint density at radius 3 is 2.40 bits per heavy atom. The molecule has 2 fully saturated rings. The lowest BCUT2D eigenvalue weighted by Crippen LogP contribution is -2.46. The van der Waals surface area contributed by atoms with Gasteiger partial charge in [-0.2, -0.15) is 0 Å². The van der Waals surface area contributed by atoms with Gasteiger partial charge in [0.25, 0.3) is 0 Å². The number of aliphatic hydroxyl groups excluding tert-OH is 1. The van der Waals surface area contributed by atoms with Crippen molar-refractivity contribution in [2.24, 2.45) is 0 Å². The van der Waals surface area contributed by atoms with E-state index in [1.54, 1.807) is 0 Å². The van der Waals surface area contributed by atoms with Crippen molar-refractivity contribution in [3.05, 3.63) is 29.8 Å².